The van der Waals surface area contributed by atoms with E-state index < -0.39 is 0 Å². The van der Waals surface area contributed by atoms with Gasteiger partial charge in [0.25, 0.3) is 0 Å². The lowest BCUT2D eigenvalue weighted by atomic mass is 10.1. The molecule has 0 aliphatic rings. The number of halogens is 1. The van der Waals surface area contributed by atoms with Gasteiger partial charge in [0.05, 0.1) is 12.7 Å². The molecule has 0 aliphatic heterocycles. The third-order valence-electron chi connectivity index (χ3n) is 2.62. The van der Waals surface area contributed by atoms with Gasteiger partial charge >= 0.3 is 0 Å². The molecule has 4 heteroatoms. The smallest absolute Gasteiger partial charge is 0.200 e. The fourth-order valence-corrected chi connectivity index (χ4v) is 2.25. The van der Waals surface area contributed by atoms with Gasteiger partial charge in [0.2, 0.25) is 5.95 Å². The van der Waals surface area contributed by atoms with E-state index >= 15 is 0 Å². The van der Waals surface area contributed by atoms with Crippen molar-refractivity contribution in [3.8, 4) is 0 Å². The lowest BCUT2D eigenvalue weighted by Crippen LogP contribution is -2.06. The van der Waals surface area contributed by atoms with Crippen molar-refractivity contribution in [2.75, 3.05) is 5.73 Å². The van der Waals surface area contributed by atoms with Crippen LogP contribution in [0.1, 0.15) is 16.8 Å². The summed E-state index contributed by atoms with van der Waals surface area (Å²) >= 11 is 3.57. The van der Waals surface area contributed by atoms with E-state index in [1.54, 1.807) is 6.20 Å². The molecular weight excluding hydrogens is 266 g/mol. The highest BCUT2D eigenvalue weighted by atomic mass is 79.9. The molecular formula is C12H14BrN3. The van der Waals surface area contributed by atoms with Gasteiger partial charge in [-0.2, -0.15) is 0 Å². The van der Waals surface area contributed by atoms with Crippen LogP contribution >= 0.6 is 15.9 Å². The van der Waals surface area contributed by atoms with Gasteiger partial charge in [-0.15, -0.1) is 0 Å². The standard InChI is InChI=1S/C12H14BrN3/c1-8-3-4-10(11(13)5-8)7-16-9(2)6-15-12(16)14/h3-6H,7H2,1-2H3,(H2,14,15). The van der Waals surface area contributed by atoms with E-state index in [1.165, 1.54) is 11.1 Å². The monoisotopic (exact) mass is 279 g/mol. The zero-order valence-corrected chi connectivity index (χ0v) is 11.0. The number of aromatic nitrogens is 2. The third-order valence-corrected chi connectivity index (χ3v) is 3.36. The van der Waals surface area contributed by atoms with Crippen molar-refractivity contribution in [3.63, 3.8) is 0 Å². The normalized spacial score (nSPS) is 10.7. The number of imidazole rings is 1. The molecule has 0 saturated carbocycles. The van der Waals surface area contributed by atoms with E-state index in [9.17, 15) is 0 Å². The minimum atomic E-state index is 0.560. The van der Waals surface area contributed by atoms with Gasteiger partial charge in [-0.1, -0.05) is 28.1 Å². The Morgan fingerprint density at radius 3 is 2.69 bits per heavy atom. The molecule has 2 rings (SSSR count). The molecule has 0 amide bonds. The summed E-state index contributed by atoms with van der Waals surface area (Å²) in [5.74, 6) is 0.560. The van der Waals surface area contributed by atoms with Crippen LogP contribution in [0.5, 0.6) is 0 Å². The van der Waals surface area contributed by atoms with Crippen LogP contribution in [0.3, 0.4) is 0 Å². The maximum absolute atomic E-state index is 5.81. The van der Waals surface area contributed by atoms with Crippen LogP contribution in [-0.4, -0.2) is 9.55 Å². The van der Waals surface area contributed by atoms with Crippen LogP contribution in [0.25, 0.3) is 0 Å². The van der Waals surface area contributed by atoms with E-state index in [0.29, 0.717) is 5.95 Å². The highest BCUT2D eigenvalue weighted by molar-refractivity contribution is 9.10. The Bertz CT molecular complexity index is 497. The largest absolute Gasteiger partial charge is 0.369 e. The molecule has 84 valence electrons. The van der Waals surface area contributed by atoms with E-state index in [0.717, 1.165) is 16.7 Å². The van der Waals surface area contributed by atoms with Crippen molar-refractivity contribution >= 4 is 21.9 Å². The quantitative estimate of drug-likeness (QED) is 0.919. The zero-order valence-electron chi connectivity index (χ0n) is 9.37. The number of nitrogens with zero attached hydrogens (tertiary/aromatic N) is 2. The second-order valence-corrected chi connectivity index (χ2v) is 4.79. The number of hydrogen-bond donors (Lipinski definition) is 1. The Morgan fingerprint density at radius 1 is 1.38 bits per heavy atom. The summed E-state index contributed by atoms with van der Waals surface area (Å²) in [5, 5.41) is 0. The predicted octanol–water partition coefficient (Wildman–Crippen LogP) is 2.89. The highest BCUT2D eigenvalue weighted by Gasteiger charge is 2.06. The van der Waals surface area contributed by atoms with Crippen LogP contribution in [0, 0.1) is 13.8 Å². The van der Waals surface area contributed by atoms with Crippen molar-refractivity contribution in [3.05, 3.63) is 45.7 Å². The fourth-order valence-electron chi connectivity index (χ4n) is 1.64. The number of rotatable bonds is 2. The number of nitrogen functional groups attached to an aromatic ring is 1. The minimum Gasteiger partial charge on any atom is -0.369 e. The number of hydrogen-bond acceptors (Lipinski definition) is 2. The molecule has 0 spiro atoms. The van der Waals surface area contributed by atoms with Crippen molar-refractivity contribution in [1.29, 1.82) is 0 Å². The van der Waals surface area contributed by atoms with Crippen LogP contribution < -0.4 is 5.73 Å². The first-order valence-electron chi connectivity index (χ1n) is 5.10. The van der Waals surface area contributed by atoms with Crippen LogP contribution in [-0.2, 0) is 6.54 Å². The van der Waals surface area contributed by atoms with Crippen LogP contribution in [0.2, 0.25) is 0 Å². The molecule has 0 fully saturated rings. The summed E-state index contributed by atoms with van der Waals surface area (Å²) in [6, 6.07) is 6.32. The predicted molar refractivity (Wildman–Crippen MR) is 69.4 cm³/mol. The number of anilines is 1. The summed E-state index contributed by atoms with van der Waals surface area (Å²) < 4.78 is 3.11. The molecule has 0 unspecified atom stereocenters. The van der Waals surface area contributed by atoms with Gasteiger partial charge in [-0.3, -0.25) is 0 Å². The van der Waals surface area contributed by atoms with Gasteiger partial charge in [0.1, 0.15) is 0 Å². The third kappa shape index (κ3) is 2.11. The molecule has 0 radical (unpaired) electrons. The Labute approximate surface area is 103 Å². The van der Waals surface area contributed by atoms with Crippen molar-refractivity contribution < 1.29 is 0 Å². The van der Waals surface area contributed by atoms with Crippen LogP contribution in [0.4, 0.5) is 5.95 Å². The molecule has 2 N–H and O–H groups in total. The second kappa shape index (κ2) is 4.29. The molecule has 0 aliphatic carbocycles. The Morgan fingerprint density at radius 2 is 2.12 bits per heavy atom. The van der Waals surface area contributed by atoms with Crippen molar-refractivity contribution in [2.24, 2.45) is 0 Å². The average molecular weight is 280 g/mol. The number of aryl methyl sites for hydroxylation is 2. The number of nitrogens with two attached hydrogens (primary N) is 1. The maximum atomic E-state index is 5.81. The summed E-state index contributed by atoms with van der Waals surface area (Å²) in [6.45, 7) is 4.83. The van der Waals surface area contributed by atoms with E-state index in [-0.39, 0.29) is 0 Å². The minimum absolute atomic E-state index is 0.560. The van der Waals surface area contributed by atoms with Crippen molar-refractivity contribution in [2.45, 2.75) is 20.4 Å². The van der Waals surface area contributed by atoms with Crippen LogP contribution in [0.15, 0.2) is 28.9 Å². The van der Waals surface area contributed by atoms with E-state index in [2.05, 4.69) is 46.0 Å². The maximum Gasteiger partial charge on any atom is 0.200 e. The van der Waals surface area contributed by atoms with E-state index in [1.807, 2.05) is 11.5 Å². The second-order valence-electron chi connectivity index (χ2n) is 3.94. The Hall–Kier alpha value is -1.29. The number of benzene rings is 1. The first-order valence-corrected chi connectivity index (χ1v) is 5.90. The highest BCUT2D eigenvalue weighted by Crippen LogP contribution is 2.21. The van der Waals surface area contributed by atoms with Gasteiger partial charge < -0.3 is 10.3 Å². The lowest BCUT2D eigenvalue weighted by Gasteiger charge is -2.09. The lowest BCUT2D eigenvalue weighted by molar-refractivity contribution is 0.780. The molecule has 0 atom stereocenters. The van der Waals surface area contributed by atoms with Gasteiger partial charge in [-0.25, -0.2) is 4.98 Å². The SMILES string of the molecule is Cc1ccc(Cn2c(C)cnc2N)c(Br)c1. The molecule has 3 nitrogen and oxygen atoms in total. The molecule has 1 heterocycles. The van der Waals surface area contributed by atoms with Gasteiger partial charge in [-0.05, 0) is 31.0 Å². The summed E-state index contributed by atoms with van der Waals surface area (Å²) in [7, 11) is 0. The average Bonchev–Trinajstić information content (AvgIpc) is 2.53. The molecule has 2 aromatic rings. The topological polar surface area (TPSA) is 43.8 Å². The van der Waals surface area contributed by atoms with Gasteiger partial charge in [0, 0.05) is 10.2 Å². The summed E-state index contributed by atoms with van der Waals surface area (Å²) in [4.78, 5) is 4.08. The molecule has 16 heavy (non-hydrogen) atoms. The summed E-state index contributed by atoms with van der Waals surface area (Å²) in [5.41, 5.74) is 9.33. The summed E-state index contributed by atoms with van der Waals surface area (Å²) in [6.07, 6.45) is 1.79. The molecule has 1 aromatic carbocycles. The molecule has 1 aromatic heterocycles. The fraction of sp³-hybridized carbons (Fsp3) is 0.250. The molecule has 0 bridgehead atoms. The Balaban J connectivity index is 2.34. The zero-order chi connectivity index (χ0) is 11.7. The van der Waals surface area contributed by atoms with E-state index in [4.69, 9.17) is 5.73 Å². The molecule has 0 saturated heterocycles. The first-order chi connectivity index (χ1) is 7.58. The van der Waals surface area contributed by atoms with Gasteiger partial charge in [0.15, 0.2) is 0 Å². The first kappa shape index (κ1) is 11.2. The van der Waals surface area contributed by atoms with Crippen molar-refractivity contribution in [1.82, 2.24) is 9.55 Å². The Kier molecular flexibility index (Phi) is 3.01.